The molecular formula is C18H25N3O3. The molecule has 0 aliphatic carbocycles. The molecule has 24 heavy (non-hydrogen) atoms. The van der Waals surface area contributed by atoms with Gasteiger partial charge >= 0.3 is 0 Å². The Labute approximate surface area is 142 Å². The lowest BCUT2D eigenvalue weighted by molar-refractivity contribution is -0.126. The smallest absolute Gasteiger partial charge is 0.231 e. The second kappa shape index (κ2) is 7.57. The molecule has 1 unspecified atom stereocenters. The molecule has 1 aromatic rings. The van der Waals surface area contributed by atoms with Gasteiger partial charge in [0.15, 0.2) is 0 Å². The van der Waals surface area contributed by atoms with E-state index in [0.29, 0.717) is 31.5 Å². The quantitative estimate of drug-likeness (QED) is 0.660. The van der Waals surface area contributed by atoms with Crippen molar-refractivity contribution in [3.8, 4) is 0 Å². The lowest BCUT2D eigenvalue weighted by atomic mass is 9.81. The lowest BCUT2D eigenvalue weighted by Crippen LogP contribution is -2.41. The molecule has 130 valence electrons. The van der Waals surface area contributed by atoms with Gasteiger partial charge in [-0.2, -0.15) is 0 Å². The van der Waals surface area contributed by atoms with Crippen LogP contribution >= 0.6 is 0 Å². The molecule has 0 bridgehead atoms. The number of benzene rings is 1. The lowest BCUT2D eigenvalue weighted by Gasteiger charge is -2.28. The van der Waals surface area contributed by atoms with Crippen molar-refractivity contribution < 1.29 is 14.4 Å². The highest BCUT2D eigenvalue weighted by Gasteiger charge is 2.33. The normalized spacial score (nSPS) is 17.7. The molecule has 1 aliphatic rings. The third-order valence-corrected chi connectivity index (χ3v) is 4.99. The number of hydrogen-bond donors (Lipinski definition) is 3. The molecule has 6 heteroatoms. The summed E-state index contributed by atoms with van der Waals surface area (Å²) < 4.78 is 0. The van der Waals surface area contributed by atoms with E-state index >= 15 is 0 Å². The largest absolute Gasteiger partial charge is 0.329 e. The van der Waals surface area contributed by atoms with Crippen LogP contribution in [0.25, 0.3) is 0 Å². The van der Waals surface area contributed by atoms with Gasteiger partial charge < -0.3 is 11.1 Å². The second-order valence-corrected chi connectivity index (χ2v) is 6.36. The SMILES string of the molecule is CCC(CC)(CN)C(=O)Nc1ccc(CC2CC(=O)NC2=O)cc1. The van der Waals surface area contributed by atoms with Crippen molar-refractivity contribution in [1.82, 2.24) is 5.32 Å². The Hall–Kier alpha value is -2.21. The van der Waals surface area contributed by atoms with Gasteiger partial charge in [0.05, 0.1) is 11.3 Å². The van der Waals surface area contributed by atoms with Crippen molar-refractivity contribution >= 4 is 23.4 Å². The summed E-state index contributed by atoms with van der Waals surface area (Å²) in [6.45, 7) is 4.24. The minimum absolute atomic E-state index is 0.0662. The van der Waals surface area contributed by atoms with Crippen LogP contribution in [-0.2, 0) is 20.8 Å². The highest BCUT2D eigenvalue weighted by atomic mass is 16.2. The van der Waals surface area contributed by atoms with Crippen molar-refractivity contribution in [1.29, 1.82) is 0 Å². The van der Waals surface area contributed by atoms with E-state index in [9.17, 15) is 14.4 Å². The average Bonchev–Trinajstić information content (AvgIpc) is 2.89. The molecule has 0 saturated carbocycles. The standard InChI is InChI=1S/C18H25N3O3/c1-3-18(4-2,11-19)17(24)20-14-7-5-12(6-8-14)9-13-10-15(22)21-16(13)23/h5-8,13H,3-4,9-11,19H2,1-2H3,(H,20,24)(H,21,22,23). The highest BCUT2D eigenvalue weighted by molar-refractivity contribution is 6.03. The van der Waals surface area contributed by atoms with Gasteiger partial charge in [-0.3, -0.25) is 19.7 Å². The fraction of sp³-hybridized carbons (Fsp3) is 0.500. The van der Waals surface area contributed by atoms with Gasteiger partial charge in [0.1, 0.15) is 0 Å². The Morgan fingerprint density at radius 3 is 2.33 bits per heavy atom. The summed E-state index contributed by atoms with van der Waals surface area (Å²) in [5.74, 6) is -0.798. The van der Waals surface area contributed by atoms with E-state index in [1.165, 1.54) is 0 Å². The molecule has 3 amide bonds. The highest BCUT2D eigenvalue weighted by Crippen LogP contribution is 2.27. The van der Waals surface area contributed by atoms with Gasteiger partial charge in [-0.1, -0.05) is 26.0 Å². The zero-order valence-corrected chi connectivity index (χ0v) is 14.2. The van der Waals surface area contributed by atoms with E-state index in [2.05, 4.69) is 10.6 Å². The molecule has 1 aliphatic heterocycles. The van der Waals surface area contributed by atoms with Gasteiger partial charge in [-0.05, 0) is 37.0 Å². The molecular weight excluding hydrogens is 306 g/mol. The summed E-state index contributed by atoms with van der Waals surface area (Å²) in [6.07, 6.45) is 2.13. The molecule has 4 N–H and O–H groups in total. The predicted octanol–water partition coefficient (Wildman–Crippen LogP) is 1.60. The third-order valence-electron chi connectivity index (χ3n) is 4.99. The van der Waals surface area contributed by atoms with E-state index in [-0.39, 0.29) is 30.1 Å². The van der Waals surface area contributed by atoms with E-state index in [4.69, 9.17) is 5.73 Å². The molecule has 1 heterocycles. The van der Waals surface area contributed by atoms with Crippen LogP contribution in [0.4, 0.5) is 5.69 Å². The van der Waals surface area contributed by atoms with Crippen molar-refractivity contribution in [2.75, 3.05) is 11.9 Å². The number of hydrogen-bond acceptors (Lipinski definition) is 4. The zero-order valence-electron chi connectivity index (χ0n) is 14.2. The zero-order chi connectivity index (χ0) is 17.7. The number of anilines is 1. The molecule has 6 nitrogen and oxygen atoms in total. The van der Waals surface area contributed by atoms with Gasteiger partial charge in [0, 0.05) is 18.7 Å². The number of nitrogens with two attached hydrogens (primary N) is 1. The van der Waals surface area contributed by atoms with Crippen LogP contribution in [0.1, 0.15) is 38.7 Å². The first-order valence-corrected chi connectivity index (χ1v) is 8.38. The maximum atomic E-state index is 12.5. The van der Waals surface area contributed by atoms with Gasteiger partial charge in [0.25, 0.3) is 0 Å². The fourth-order valence-corrected chi connectivity index (χ4v) is 3.00. The van der Waals surface area contributed by atoms with Crippen LogP contribution < -0.4 is 16.4 Å². The molecule has 1 saturated heterocycles. The second-order valence-electron chi connectivity index (χ2n) is 6.36. The maximum absolute atomic E-state index is 12.5. The first kappa shape index (κ1) is 18.1. The van der Waals surface area contributed by atoms with Gasteiger partial charge in [-0.25, -0.2) is 0 Å². The van der Waals surface area contributed by atoms with Crippen molar-refractivity contribution in [3.05, 3.63) is 29.8 Å². The van der Waals surface area contributed by atoms with Gasteiger partial charge in [0.2, 0.25) is 17.7 Å². The summed E-state index contributed by atoms with van der Waals surface area (Å²) in [5, 5.41) is 5.23. The van der Waals surface area contributed by atoms with Crippen LogP contribution in [0.3, 0.4) is 0 Å². The summed E-state index contributed by atoms with van der Waals surface area (Å²) in [5.41, 5.74) is 6.92. The number of amides is 3. The molecule has 0 aromatic heterocycles. The van der Waals surface area contributed by atoms with Crippen LogP contribution in [0.15, 0.2) is 24.3 Å². The Kier molecular flexibility index (Phi) is 5.72. The number of nitrogens with one attached hydrogen (secondary N) is 2. The summed E-state index contributed by atoms with van der Waals surface area (Å²) in [6, 6.07) is 7.37. The summed E-state index contributed by atoms with van der Waals surface area (Å²) in [7, 11) is 0. The minimum Gasteiger partial charge on any atom is -0.329 e. The molecule has 1 fully saturated rings. The van der Waals surface area contributed by atoms with E-state index in [0.717, 1.165) is 5.56 Å². The summed E-state index contributed by atoms with van der Waals surface area (Å²) in [4.78, 5) is 35.3. The first-order chi connectivity index (χ1) is 11.4. The van der Waals surface area contributed by atoms with E-state index < -0.39 is 5.41 Å². The molecule has 1 aromatic carbocycles. The van der Waals surface area contributed by atoms with Crippen molar-refractivity contribution in [3.63, 3.8) is 0 Å². The number of rotatable bonds is 7. The van der Waals surface area contributed by atoms with Crippen LogP contribution in [0, 0.1) is 11.3 Å². The van der Waals surface area contributed by atoms with Crippen molar-refractivity contribution in [2.45, 2.75) is 39.5 Å². The first-order valence-electron chi connectivity index (χ1n) is 8.38. The molecule has 1 atom stereocenters. The topological polar surface area (TPSA) is 101 Å². The maximum Gasteiger partial charge on any atom is 0.231 e. The average molecular weight is 331 g/mol. The number of carbonyl (C=O) groups is 3. The summed E-state index contributed by atoms with van der Waals surface area (Å²) >= 11 is 0. The predicted molar refractivity (Wildman–Crippen MR) is 92.1 cm³/mol. The third kappa shape index (κ3) is 3.82. The molecule has 0 radical (unpaired) electrons. The molecule has 0 spiro atoms. The van der Waals surface area contributed by atoms with Crippen molar-refractivity contribution in [2.24, 2.45) is 17.1 Å². The Bertz CT molecular complexity index is 613. The van der Waals surface area contributed by atoms with E-state index in [1.807, 2.05) is 38.1 Å². The number of imide groups is 1. The molecule has 2 rings (SSSR count). The fourth-order valence-electron chi connectivity index (χ4n) is 3.00. The van der Waals surface area contributed by atoms with Crippen LogP contribution in [0.2, 0.25) is 0 Å². The Morgan fingerprint density at radius 1 is 1.25 bits per heavy atom. The minimum atomic E-state index is -0.541. The Morgan fingerprint density at radius 2 is 1.88 bits per heavy atom. The van der Waals surface area contributed by atoms with Gasteiger partial charge in [-0.15, -0.1) is 0 Å². The Balaban J connectivity index is 2.00. The monoisotopic (exact) mass is 331 g/mol. The van der Waals surface area contributed by atoms with Crippen LogP contribution in [-0.4, -0.2) is 24.3 Å². The van der Waals surface area contributed by atoms with Crippen LogP contribution in [0.5, 0.6) is 0 Å². The van der Waals surface area contributed by atoms with E-state index in [1.54, 1.807) is 0 Å². The number of carbonyl (C=O) groups excluding carboxylic acids is 3.